The van der Waals surface area contributed by atoms with Crippen LogP contribution in [0.4, 0.5) is 0 Å². The average Bonchev–Trinajstić information content (AvgIpc) is 2.78. The summed E-state index contributed by atoms with van der Waals surface area (Å²) in [5.41, 5.74) is 4.86. The molecular weight excluding hydrogens is 463 g/mol. The summed E-state index contributed by atoms with van der Waals surface area (Å²) in [6, 6.07) is -1.46. The number of hydrogen-bond acceptors (Lipinski definition) is 7. The molecule has 0 aliphatic heterocycles. The van der Waals surface area contributed by atoms with Gasteiger partial charge in [-0.15, -0.1) is 0 Å². The van der Waals surface area contributed by atoms with Crippen LogP contribution in [0.3, 0.4) is 0 Å². The topological polar surface area (TPSA) is 179 Å². The Hall–Kier alpha value is -1.03. The van der Waals surface area contributed by atoms with Crippen LogP contribution in [0.5, 0.6) is 0 Å². The van der Waals surface area contributed by atoms with Crippen LogP contribution in [0.2, 0.25) is 0 Å². The molecule has 0 aromatic heterocycles. The number of carbonyl (C=O) groups excluding carboxylic acids is 2. The van der Waals surface area contributed by atoms with E-state index < -0.39 is 26.4 Å². The molecule has 0 spiro atoms. The molecule has 0 aliphatic carbocycles. The highest BCUT2D eigenvalue weighted by Gasteiger charge is 2.24. The fourth-order valence-corrected chi connectivity index (χ4v) is 3.55. The Labute approximate surface area is 205 Å². The summed E-state index contributed by atoms with van der Waals surface area (Å²) in [4.78, 5) is 38.4. The number of phosphoric acid groups is 1. The number of unbranched alkanes of at least 4 members (excludes halogenated alkanes) is 11. The minimum atomic E-state index is -4.83. The van der Waals surface area contributed by atoms with E-state index in [0.717, 1.165) is 25.7 Å². The van der Waals surface area contributed by atoms with Crippen LogP contribution in [0.25, 0.3) is 0 Å². The predicted octanol–water partition coefficient (Wildman–Crippen LogP) is 3.30. The molecule has 0 aromatic rings. The first-order valence-electron chi connectivity index (χ1n) is 12.7. The zero-order valence-corrected chi connectivity index (χ0v) is 22.0. The Morgan fingerprint density at radius 1 is 0.824 bits per heavy atom. The molecule has 1 unspecified atom stereocenters. The number of aliphatic hydroxyl groups excluding tert-OH is 2. The zero-order chi connectivity index (χ0) is 26.2. The lowest BCUT2D eigenvalue weighted by Crippen LogP contribution is -2.37. The molecule has 0 heterocycles. The summed E-state index contributed by atoms with van der Waals surface area (Å²) in [6.45, 7) is 3.78. The van der Waals surface area contributed by atoms with E-state index in [2.05, 4.69) is 23.7 Å². The van der Waals surface area contributed by atoms with E-state index in [9.17, 15) is 19.3 Å². The van der Waals surface area contributed by atoms with E-state index in [1.807, 2.05) is 0 Å². The van der Waals surface area contributed by atoms with Crippen LogP contribution < -0.4 is 11.1 Å². The van der Waals surface area contributed by atoms with Gasteiger partial charge in [0.2, 0.25) is 5.91 Å². The molecule has 10 nitrogen and oxygen atoms in total. The molecule has 0 radical (unpaired) electrons. The molecule has 11 heteroatoms. The molecule has 0 fully saturated rings. The van der Waals surface area contributed by atoms with Gasteiger partial charge in [0.15, 0.2) is 0 Å². The first-order valence-corrected chi connectivity index (χ1v) is 14.2. The van der Waals surface area contributed by atoms with Crippen LogP contribution in [0.15, 0.2) is 0 Å². The number of nitrogens with two attached hydrogens (primary N) is 1. The van der Waals surface area contributed by atoms with Crippen LogP contribution in [-0.4, -0.2) is 57.2 Å². The second-order valence-corrected chi connectivity index (χ2v) is 9.73. The van der Waals surface area contributed by atoms with Gasteiger partial charge in [0.1, 0.15) is 6.04 Å². The summed E-state index contributed by atoms with van der Waals surface area (Å²) in [5, 5.41) is 20.6. The van der Waals surface area contributed by atoms with Gasteiger partial charge < -0.3 is 25.8 Å². The minimum absolute atomic E-state index is 0.0436. The largest absolute Gasteiger partial charge is 0.527 e. The lowest BCUT2D eigenvalue weighted by molar-refractivity contribution is -0.138. The third kappa shape index (κ3) is 25.6. The quantitative estimate of drug-likeness (QED) is 0.105. The van der Waals surface area contributed by atoms with Gasteiger partial charge in [-0.1, -0.05) is 90.9 Å². The SMILES string of the molecule is CCCCCCCCCCCC(=O)NC(CO)CCCCCC.N[C@@H](CO)C(=O)OP(=O)(O)O. The lowest BCUT2D eigenvalue weighted by atomic mass is 10.1. The fraction of sp³-hybridized carbons (Fsp3) is 0.913. The van der Waals surface area contributed by atoms with E-state index in [1.54, 1.807) is 0 Å². The minimum Gasteiger partial charge on any atom is -0.394 e. The third-order valence-corrected chi connectivity index (χ3v) is 5.63. The van der Waals surface area contributed by atoms with Crippen LogP contribution in [-0.2, 0) is 18.7 Å². The highest BCUT2D eigenvalue weighted by Crippen LogP contribution is 2.35. The van der Waals surface area contributed by atoms with Crippen molar-refractivity contribution in [2.24, 2.45) is 5.73 Å². The first kappa shape index (κ1) is 35.1. The van der Waals surface area contributed by atoms with E-state index in [0.29, 0.717) is 6.42 Å². The van der Waals surface area contributed by atoms with Gasteiger partial charge in [0.25, 0.3) is 0 Å². The molecule has 0 saturated carbocycles. The smallest absolute Gasteiger partial charge is 0.394 e. The van der Waals surface area contributed by atoms with Crippen molar-refractivity contribution in [3.8, 4) is 0 Å². The number of rotatable bonds is 20. The Kier molecular flexibility index (Phi) is 24.5. The number of carbonyl (C=O) groups is 2. The van der Waals surface area contributed by atoms with Crippen molar-refractivity contribution in [1.29, 1.82) is 0 Å². The molecular formula is C23H49N2O8P. The standard InChI is InChI=1S/C20H41NO2.C3H8NO6P/c1-3-5-7-9-10-11-12-13-15-17-20(23)21-19(18-22)16-14-8-6-4-2;4-2(1-5)3(6)10-11(7,8)9/h19,22H,3-18H2,1-2H3,(H,21,23);2,5H,1,4H2,(H2,7,8,9)/t;2-/m.0/s1. The van der Waals surface area contributed by atoms with Crippen molar-refractivity contribution in [2.75, 3.05) is 13.2 Å². The maximum Gasteiger partial charge on any atom is 0.527 e. The summed E-state index contributed by atoms with van der Waals surface area (Å²) in [6.07, 6.45) is 17.7. The normalized spacial score (nSPS) is 12.9. The highest BCUT2D eigenvalue weighted by atomic mass is 31.2. The maximum atomic E-state index is 11.9. The molecule has 1 amide bonds. The number of amides is 1. The number of hydrogen-bond donors (Lipinski definition) is 6. The molecule has 7 N–H and O–H groups in total. The van der Waals surface area contributed by atoms with E-state index in [1.165, 1.54) is 64.2 Å². The second-order valence-electron chi connectivity index (χ2n) is 8.56. The predicted molar refractivity (Wildman–Crippen MR) is 133 cm³/mol. The Balaban J connectivity index is 0. The van der Waals surface area contributed by atoms with Gasteiger partial charge >= 0.3 is 13.8 Å². The van der Waals surface area contributed by atoms with Crippen LogP contribution in [0.1, 0.15) is 110 Å². The van der Waals surface area contributed by atoms with E-state index >= 15 is 0 Å². The Morgan fingerprint density at radius 2 is 1.29 bits per heavy atom. The average molecular weight is 513 g/mol. The van der Waals surface area contributed by atoms with Crippen molar-refractivity contribution < 1.29 is 38.7 Å². The molecule has 0 aromatic carbocycles. The van der Waals surface area contributed by atoms with Crippen molar-refractivity contribution in [2.45, 2.75) is 122 Å². The number of aliphatic hydroxyl groups is 2. The Bertz CT molecular complexity index is 545. The van der Waals surface area contributed by atoms with Crippen molar-refractivity contribution in [1.82, 2.24) is 5.32 Å². The number of phosphoric ester groups is 1. The van der Waals surface area contributed by atoms with Gasteiger partial charge in [0.05, 0.1) is 19.3 Å². The number of nitrogens with one attached hydrogen (secondary N) is 1. The van der Waals surface area contributed by atoms with Gasteiger partial charge in [-0.2, -0.15) is 0 Å². The Morgan fingerprint density at radius 3 is 1.74 bits per heavy atom. The van der Waals surface area contributed by atoms with E-state index in [-0.39, 0.29) is 18.6 Å². The molecule has 34 heavy (non-hydrogen) atoms. The first-order chi connectivity index (χ1) is 16.1. The molecule has 2 atom stereocenters. The van der Waals surface area contributed by atoms with Crippen molar-refractivity contribution in [3.63, 3.8) is 0 Å². The van der Waals surface area contributed by atoms with Gasteiger partial charge in [0, 0.05) is 6.42 Å². The van der Waals surface area contributed by atoms with E-state index in [4.69, 9.17) is 20.6 Å². The molecule has 204 valence electrons. The van der Waals surface area contributed by atoms with Gasteiger partial charge in [-0.3, -0.25) is 14.6 Å². The van der Waals surface area contributed by atoms with Gasteiger partial charge in [-0.05, 0) is 12.8 Å². The monoisotopic (exact) mass is 512 g/mol. The molecule has 0 bridgehead atoms. The summed E-state index contributed by atoms with van der Waals surface area (Å²) in [5.74, 6) is -1.22. The van der Waals surface area contributed by atoms with Crippen LogP contribution >= 0.6 is 7.82 Å². The van der Waals surface area contributed by atoms with Crippen molar-refractivity contribution in [3.05, 3.63) is 0 Å². The summed E-state index contributed by atoms with van der Waals surface area (Å²) >= 11 is 0. The highest BCUT2D eigenvalue weighted by molar-refractivity contribution is 7.46. The summed E-state index contributed by atoms with van der Waals surface area (Å²) < 4.78 is 13.5. The molecule has 0 saturated heterocycles. The second kappa shape index (κ2) is 23.7. The maximum absolute atomic E-state index is 11.9. The van der Waals surface area contributed by atoms with Crippen LogP contribution in [0, 0.1) is 0 Å². The van der Waals surface area contributed by atoms with Gasteiger partial charge in [-0.25, -0.2) is 9.36 Å². The molecule has 0 aliphatic rings. The lowest BCUT2D eigenvalue weighted by Gasteiger charge is -2.16. The summed E-state index contributed by atoms with van der Waals surface area (Å²) in [7, 11) is -4.83. The zero-order valence-electron chi connectivity index (χ0n) is 21.1. The molecule has 0 rings (SSSR count). The third-order valence-electron chi connectivity index (χ3n) is 5.21. The fourth-order valence-electron chi connectivity index (χ4n) is 3.18. The van der Waals surface area contributed by atoms with Crippen molar-refractivity contribution >= 4 is 19.7 Å².